The topological polar surface area (TPSA) is 52.3 Å². The van der Waals surface area contributed by atoms with Gasteiger partial charge >= 0.3 is 5.97 Å². The Morgan fingerprint density at radius 2 is 2.33 bits per heavy atom. The lowest BCUT2D eigenvalue weighted by Gasteiger charge is -2.38. The van der Waals surface area contributed by atoms with Gasteiger partial charge in [0.25, 0.3) is 0 Å². The lowest BCUT2D eigenvalue weighted by Crippen LogP contribution is -2.44. The van der Waals surface area contributed by atoms with E-state index in [2.05, 4.69) is 6.92 Å². The van der Waals surface area contributed by atoms with Crippen LogP contribution in [-0.4, -0.2) is 19.1 Å². The summed E-state index contributed by atoms with van der Waals surface area (Å²) in [4.78, 5) is 11.5. The standard InChI is InChI=1S/C12H23NO2/c1-4-10-6-5-7-12(10,9(2)13)8-11(14)15-3/h9-10H,4-8,13H2,1-3H3. The molecule has 15 heavy (non-hydrogen) atoms. The molecule has 3 atom stereocenters. The molecule has 3 nitrogen and oxygen atoms in total. The summed E-state index contributed by atoms with van der Waals surface area (Å²) in [6, 6.07) is 0.0732. The van der Waals surface area contributed by atoms with Crippen molar-refractivity contribution in [3.63, 3.8) is 0 Å². The normalized spacial score (nSPS) is 32.7. The summed E-state index contributed by atoms with van der Waals surface area (Å²) in [5, 5.41) is 0. The third-order valence-corrected chi connectivity index (χ3v) is 4.11. The van der Waals surface area contributed by atoms with Crippen molar-refractivity contribution in [1.82, 2.24) is 0 Å². The van der Waals surface area contributed by atoms with Crippen LogP contribution in [0.1, 0.15) is 46.0 Å². The van der Waals surface area contributed by atoms with Gasteiger partial charge in [-0.15, -0.1) is 0 Å². The van der Waals surface area contributed by atoms with Crippen molar-refractivity contribution in [1.29, 1.82) is 0 Å². The molecular weight excluding hydrogens is 190 g/mol. The molecule has 1 aliphatic carbocycles. The Hall–Kier alpha value is -0.570. The minimum atomic E-state index is -0.118. The van der Waals surface area contributed by atoms with Crippen LogP contribution >= 0.6 is 0 Å². The van der Waals surface area contributed by atoms with Gasteiger partial charge in [0.05, 0.1) is 13.5 Å². The highest BCUT2D eigenvalue weighted by Gasteiger charge is 2.46. The average molecular weight is 213 g/mol. The lowest BCUT2D eigenvalue weighted by atomic mass is 9.69. The molecule has 0 bridgehead atoms. The van der Waals surface area contributed by atoms with Crippen molar-refractivity contribution >= 4 is 5.97 Å². The Balaban J connectivity index is 2.82. The molecular formula is C12H23NO2. The zero-order valence-electron chi connectivity index (χ0n) is 10.1. The first-order valence-electron chi connectivity index (χ1n) is 5.89. The third kappa shape index (κ3) is 2.33. The Morgan fingerprint density at radius 1 is 1.67 bits per heavy atom. The number of rotatable bonds is 4. The van der Waals surface area contributed by atoms with Gasteiger partial charge in [-0.2, -0.15) is 0 Å². The molecule has 0 aliphatic heterocycles. The number of hydrogen-bond donors (Lipinski definition) is 1. The van der Waals surface area contributed by atoms with Crippen LogP contribution in [0.5, 0.6) is 0 Å². The van der Waals surface area contributed by atoms with Gasteiger partial charge in [-0.1, -0.05) is 19.8 Å². The predicted octanol–water partition coefficient (Wildman–Crippen LogP) is 2.09. The molecule has 0 heterocycles. The average Bonchev–Trinajstić information content (AvgIpc) is 2.61. The van der Waals surface area contributed by atoms with E-state index in [0.29, 0.717) is 12.3 Å². The first kappa shape index (κ1) is 12.5. The summed E-state index contributed by atoms with van der Waals surface area (Å²) in [7, 11) is 1.45. The third-order valence-electron chi connectivity index (χ3n) is 4.11. The molecule has 0 saturated heterocycles. The molecule has 2 N–H and O–H groups in total. The van der Waals surface area contributed by atoms with Crippen LogP contribution in [0, 0.1) is 11.3 Å². The zero-order valence-corrected chi connectivity index (χ0v) is 10.1. The summed E-state index contributed by atoms with van der Waals surface area (Å²) in [5.41, 5.74) is 6.08. The van der Waals surface area contributed by atoms with E-state index in [1.807, 2.05) is 6.92 Å². The maximum atomic E-state index is 11.5. The van der Waals surface area contributed by atoms with Crippen molar-refractivity contribution in [2.24, 2.45) is 17.1 Å². The van der Waals surface area contributed by atoms with Crippen LogP contribution in [0.15, 0.2) is 0 Å². The van der Waals surface area contributed by atoms with Crippen molar-refractivity contribution in [2.45, 2.75) is 52.0 Å². The fourth-order valence-electron chi connectivity index (χ4n) is 3.11. The van der Waals surface area contributed by atoms with Crippen molar-refractivity contribution in [3.05, 3.63) is 0 Å². The van der Waals surface area contributed by atoms with E-state index >= 15 is 0 Å². The van der Waals surface area contributed by atoms with Crippen LogP contribution in [-0.2, 0) is 9.53 Å². The maximum Gasteiger partial charge on any atom is 0.306 e. The highest BCUT2D eigenvalue weighted by Crippen LogP contribution is 2.49. The molecule has 0 aromatic heterocycles. The molecule has 0 radical (unpaired) electrons. The Labute approximate surface area is 92.4 Å². The van der Waals surface area contributed by atoms with E-state index < -0.39 is 0 Å². The predicted molar refractivity (Wildman–Crippen MR) is 60.3 cm³/mol. The molecule has 3 heteroatoms. The van der Waals surface area contributed by atoms with E-state index in [1.165, 1.54) is 20.0 Å². The van der Waals surface area contributed by atoms with E-state index in [4.69, 9.17) is 10.5 Å². The van der Waals surface area contributed by atoms with Crippen molar-refractivity contribution < 1.29 is 9.53 Å². The second-order valence-electron chi connectivity index (χ2n) is 4.77. The first-order valence-corrected chi connectivity index (χ1v) is 5.89. The molecule has 0 spiro atoms. The summed E-state index contributed by atoms with van der Waals surface area (Å²) >= 11 is 0. The lowest BCUT2D eigenvalue weighted by molar-refractivity contribution is -0.144. The van der Waals surface area contributed by atoms with E-state index in [0.717, 1.165) is 12.8 Å². The van der Waals surface area contributed by atoms with Crippen LogP contribution < -0.4 is 5.73 Å². The summed E-state index contributed by atoms with van der Waals surface area (Å²) in [5.74, 6) is 0.462. The Morgan fingerprint density at radius 3 is 2.80 bits per heavy atom. The van der Waals surface area contributed by atoms with Gasteiger partial charge in [0.2, 0.25) is 0 Å². The maximum absolute atomic E-state index is 11.5. The van der Waals surface area contributed by atoms with Gasteiger partial charge in [0.1, 0.15) is 0 Å². The van der Waals surface area contributed by atoms with Crippen LogP contribution in [0.3, 0.4) is 0 Å². The fourth-order valence-corrected chi connectivity index (χ4v) is 3.11. The highest BCUT2D eigenvalue weighted by atomic mass is 16.5. The van der Waals surface area contributed by atoms with Crippen molar-refractivity contribution in [2.75, 3.05) is 7.11 Å². The minimum absolute atomic E-state index is 0.0121. The molecule has 1 fully saturated rings. The molecule has 88 valence electrons. The second kappa shape index (κ2) is 4.97. The number of esters is 1. The second-order valence-corrected chi connectivity index (χ2v) is 4.77. The van der Waals surface area contributed by atoms with Crippen molar-refractivity contribution in [3.8, 4) is 0 Å². The molecule has 0 aromatic carbocycles. The summed E-state index contributed by atoms with van der Waals surface area (Å²) < 4.78 is 4.79. The van der Waals surface area contributed by atoms with E-state index in [1.54, 1.807) is 0 Å². The number of carbonyl (C=O) groups is 1. The SMILES string of the molecule is CCC1CCCC1(CC(=O)OC)C(C)N. The van der Waals surface area contributed by atoms with Crippen LogP contribution in [0.4, 0.5) is 0 Å². The molecule has 3 unspecified atom stereocenters. The number of hydrogen-bond acceptors (Lipinski definition) is 3. The quantitative estimate of drug-likeness (QED) is 0.727. The fraction of sp³-hybridized carbons (Fsp3) is 0.917. The van der Waals surface area contributed by atoms with Gasteiger partial charge in [-0.05, 0) is 31.1 Å². The summed E-state index contributed by atoms with van der Waals surface area (Å²) in [6.45, 7) is 4.21. The summed E-state index contributed by atoms with van der Waals surface area (Å²) in [6.07, 6.45) is 5.06. The van der Waals surface area contributed by atoms with Gasteiger partial charge in [0.15, 0.2) is 0 Å². The minimum Gasteiger partial charge on any atom is -0.469 e. The monoisotopic (exact) mass is 213 g/mol. The van der Waals surface area contributed by atoms with Gasteiger partial charge < -0.3 is 10.5 Å². The molecule has 1 aliphatic rings. The molecule has 1 saturated carbocycles. The smallest absolute Gasteiger partial charge is 0.306 e. The number of nitrogens with two attached hydrogens (primary N) is 1. The van der Waals surface area contributed by atoms with Gasteiger partial charge in [-0.3, -0.25) is 4.79 Å². The largest absolute Gasteiger partial charge is 0.469 e. The number of ether oxygens (including phenoxy) is 1. The van der Waals surface area contributed by atoms with Gasteiger partial charge in [-0.25, -0.2) is 0 Å². The number of methoxy groups -OCH3 is 1. The molecule has 0 amide bonds. The van der Waals surface area contributed by atoms with Crippen LogP contribution in [0.25, 0.3) is 0 Å². The number of carbonyl (C=O) groups excluding carboxylic acids is 1. The van der Waals surface area contributed by atoms with Crippen LogP contribution in [0.2, 0.25) is 0 Å². The van der Waals surface area contributed by atoms with E-state index in [-0.39, 0.29) is 17.4 Å². The Bertz CT molecular complexity index is 228. The van der Waals surface area contributed by atoms with E-state index in [9.17, 15) is 4.79 Å². The highest BCUT2D eigenvalue weighted by molar-refractivity contribution is 5.70. The molecule has 1 rings (SSSR count). The Kier molecular flexibility index (Phi) is 4.14. The zero-order chi connectivity index (χ0) is 11.5. The van der Waals surface area contributed by atoms with Gasteiger partial charge in [0, 0.05) is 6.04 Å². The molecule has 0 aromatic rings. The first-order chi connectivity index (χ1) is 7.06.